The fourth-order valence-corrected chi connectivity index (χ4v) is 2.93. The van der Waals surface area contributed by atoms with Gasteiger partial charge in [0.1, 0.15) is 12.3 Å². The second-order valence-electron chi connectivity index (χ2n) is 5.89. The summed E-state index contributed by atoms with van der Waals surface area (Å²) in [7, 11) is 1.57. The Balaban J connectivity index is 1.86. The van der Waals surface area contributed by atoms with Crippen LogP contribution in [0.1, 0.15) is 18.5 Å². The van der Waals surface area contributed by atoms with Crippen LogP contribution in [0.5, 0.6) is 5.75 Å². The van der Waals surface area contributed by atoms with E-state index in [4.69, 9.17) is 4.74 Å². The predicted octanol–water partition coefficient (Wildman–Crippen LogP) is 1.58. The summed E-state index contributed by atoms with van der Waals surface area (Å²) in [5.74, 6) is 0.328. The second kappa shape index (κ2) is 7.26. The molecule has 0 fully saturated rings. The quantitative estimate of drug-likeness (QED) is 0.728. The van der Waals surface area contributed by atoms with E-state index in [1.54, 1.807) is 31.4 Å². The first-order valence-electron chi connectivity index (χ1n) is 8.15. The van der Waals surface area contributed by atoms with Crippen LogP contribution in [0.2, 0.25) is 0 Å². The lowest BCUT2D eigenvalue weighted by atomic mass is 10.1. The molecule has 0 aliphatic rings. The van der Waals surface area contributed by atoms with Crippen LogP contribution < -0.4 is 21.3 Å². The number of aromatic nitrogens is 2. The molecule has 0 aliphatic heterocycles. The molecule has 2 N–H and O–H groups in total. The number of nitrogens with one attached hydrogen (secondary N) is 2. The molecule has 1 amide bonds. The zero-order valence-corrected chi connectivity index (χ0v) is 14.5. The summed E-state index contributed by atoms with van der Waals surface area (Å²) in [6, 6.07) is 13.8. The van der Waals surface area contributed by atoms with Crippen molar-refractivity contribution in [2.75, 3.05) is 7.11 Å². The van der Waals surface area contributed by atoms with Gasteiger partial charge < -0.3 is 10.1 Å². The minimum absolute atomic E-state index is 0.199. The summed E-state index contributed by atoms with van der Waals surface area (Å²) in [5.41, 5.74) is 0.168. The van der Waals surface area contributed by atoms with Crippen LogP contribution in [-0.2, 0) is 11.3 Å². The molecule has 0 spiro atoms. The first kappa shape index (κ1) is 17.5. The van der Waals surface area contributed by atoms with Gasteiger partial charge in [-0.1, -0.05) is 30.3 Å². The highest BCUT2D eigenvalue weighted by Gasteiger charge is 2.15. The summed E-state index contributed by atoms with van der Waals surface area (Å²) in [6.07, 6.45) is 0. The van der Waals surface area contributed by atoms with Crippen molar-refractivity contribution in [3.8, 4) is 5.75 Å². The van der Waals surface area contributed by atoms with Crippen LogP contribution in [0, 0.1) is 0 Å². The number of benzene rings is 2. The maximum absolute atomic E-state index is 12.5. The number of H-pyrrole nitrogens is 1. The van der Waals surface area contributed by atoms with Gasteiger partial charge in [0.2, 0.25) is 5.91 Å². The highest BCUT2D eigenvalue weighted by molar-refractivity contribution is 5.81. The Labute approximate surface area is 149 Å². The average molecular weight is 353 g/mol. The molecule has 3 aromatic rings. The summed E-state index contributed by atoms with van der Waals surface area (Å²) in [6.45, 7) is 1.64. The fraction of sp³-hybridized carbons (Fsp3) is 0.211. The number of methoxy groups -OCH3 is 1. The number of hydrogen-bond acceptors (Lipinski definition) is 4. The highest BCUT2D eigenvalue weighted by Crippen LogP contribution is 2.24. The smallest absolute Gasteiger partial charge is 0.329 e. The van der Waals surface area contributed by atoms with E-state index >= 15 is 0 Å². The molecule has 1 heterocycles. The Morgan fingerprint density at radius 3 is 2.62 bits per heavy atom. The van der Waals surface area contributed by atoms with E-state index in [-0.39, 0.29) is 18.5 Å². The van der Waals surface area contributed by atoms with Gasteiger partial charge >= 0.3 is 5.69 Å². The first-order chi connectivity index (χ1) is 12.5. The van der Waals surface area contributed by atoms with E-state index in [0.717, 1.165) is 5.56 Å². The van der Waals surface area contributed by atoms with E-state index in [0.29, 0.717) is 16.7 Å². The fourth-order valence-electron chi connectivity index (χ4n) is 2.93. The first-order valence-corrected chi connectivity index (χ1v) is 8.15. The van der Waals surface area contributed by atoms with E-state index in [1.165, 1.54) is 4.57 Å². The molecule has 3 rings (SSSR count). The Kier molecular flexibility index (Phi) is 4.88. The molecule has 2 aromatic carbocycles. The van der Waals surface area contributed by atoms with Crippen molar-refractivity contribution in [1.82, 2.24) is 14.9 Å². The highest BCUT2D eigenvalue weighted by atomic mass is 16.5. The van der Waals surface area contributed by atoms with E-state index < -0.39 is 11.2 Å². The molecule has 1 aromatic heterocycles. The number of fused-ring (bicyclic) bond motifs is 1. The summed E-state index contributed by atoms with van der Waals surface area (Å²) in [4.78, 5) is 38.8. The zero-order valence-electron chi connectivity index (χ0n) is 14.5. The molecule has 0 unspecified atom stereocenters. The van der Waals surface area contributed by atoms with Crippen molar-refractivity contribution in [1.29, 1.82) is 0 Å². The Morgan fingerprint density at radius 2 is 1.85 bits per heavy atom. The SMILES string of the molecule is COc1ccccc1[C@H](C)NC(=O)Cn1c(=O)[nH]c(=O)c2ccccc21. The third-order valence-electron chi connectivity index (χ3n) is 4.19. The van der Waals surface area contributed by atoms with Gasteiger partial charge in [-0.3, -0.25) is 19.1 Å². The number of carbonyl (C=O) groups is 1. The van der Waals surface area contributed by atoms with Gasteiger partial charge in [-0.25, -0.2) is 4.79 Å². The molecule has 1 atom stereocenters. The minimum atomic E-state index is -0.617. The maximum atomic E-state index is 12.5. The van der Waals surface area contributed by atoms with Crippen molar-refractivity contribution in [2.24, 2.45) is 0 Å². The summed E-state index contributed by atoms with van der Waals surface area (Å²) in [5, 5.41) is 3.21. The van der Waals surface area contributed by atoms with Crippen molar-refractivity contribution in [2.45, 2.75) is 19.5 Å². The molecule has 0 radical (unpaired) electrons. The standard InChI is InChI=1S/C19H19N3O4/c1-12(13-7-4-6-10-16(13)26-2)20-17(23)11-22-15-9-5-3-8-14(15)18(24)21-19(22)25/h3-10,12H,11H2,1-2H3,(H,20,23)(H,21,24,25)/t12-/m0/s1. The normalized spacial score (nSPS) is 11.9. The van der Waals surface area contributed by atoms with E-state index in [2.05, 4.69) is 10.3 Å². The van der Waals surface area contributed by atoms with Gasteiger partial charge in [0, 0.05) is 5.56 Å². The second-order valence-corrected chi connectivity index (χ2v) is 5.89. The molecule has 0 saturated heterocycles. The van der Waals surface area contributed by atoms with Crippen LogP contribution in [0.15, 0.2) is 58.1 Å². The third-order valence-corrected chi connectivity index (χ3v) is 4.19. The number of para-hydroxylation sites is 2. The van der Waals surface area contributed by atoms with Gasteiger partial charge in [-0.05, 0) is 25.1 Å². The number of nitrogens with zero attached hydrogens (tertiary/aromatic N) is 1. The van der Waals surface area contributed by atoms with Gasteiger partial charge in [0.25, 0.3) is 5.56 Å². The molecule has 26 heavy (non-hydrogen) atoms. The topological polar surface area (TPSA) is 93.2 Å². The molecule has 7 nitrogen and oxygen atoms in total. The third kappa shape index (κ3) is 3.37. The molecule has 7 heteroatoms. The number of ether oxygens (including phenoxy) is 1. The monoisotopic (exact) mass is 353 g/mol. The maximum Gasteiger partial charge on any atom is 0.329 e. The van der Waals surface area contributed by atoms with Crippen LogP contribution in [0.25, 0.3) is 10.9 Å². The van der Waals surface area contributed by atoms with Crippen molar-refractivity contribution < 1.29 is 9.53 Å². The van der Waals surface area contributed by atoms with E-state index in [9.17, 15) is 14.4 Å². The van der Waals surface area contributed by atoms with Gasteiger partial charge in [0.05, 0.1) is 24.1 Å². The summed E-state index contributed by atoms with van der Waals surface area (Å²) < 4.78 is 6.56. The lowest BCUT2D eigenvalue weighted by Crippen LogP contribution is -2.37. The van der Waals surface area contributed by atoms with Crippen LogP contribution in [0.3, 0.4) is 0 Å². The van der Waals surface area contributed by atoms with Crippen LogP contribution >= 0.6 is 0 Å². The van der Waals surface area contributed by atoms with Gasteiger partial charge in [-0.15, -0.1) is 0 Å². The predicted molar refractivity (Wildman–Crippen MR) is 98.4 cm³/mol. The molecular weight excluding hydrogens is 334 g/mol. The van der Waals surface area contributed by atoms with E-state index in [1.807, 2.05) is 31.2 Å². The Hall–Kier alpha value is -3.35. The van der Waals surface area contributed by atoms with Gasteiger partial charge in [0.15, 0.2) is 0 Å². The van der Waals surface area contributed by atoms with Gasteiger partial charge in [-0.2, -0.15) is 0 Å². The number of rotatable bonds is 5. The van der Waals surface area contributed by atoms with Crippen molar-refractivity contribution >= 4 is 16.8 Å². The average Bonchev–Trinajstić information content (AvgIpc) is 2.65. The molecule has 134 valence electrons. The molecule has 0 saturated carbocycles. The number of amides is 1. The molecule has 0 bridgehead atoms. The minimum Gasteiger partial charge on any atom is -0.496 e. The van der Waals surface area contributed by atoms with Crippen LogP contribution in [0.4, 0.5) is 0 Å². The lowest BCUT2D eigenvalue weighted by molar-refractivity contribution is -0.122. The summed E-state index contributed by atoms with van der Waals surface area (Å²) >= 11 is 0. The number of carbonyl (C=O) groups excluding carboxylic acids is 1. The number of aromatic amines is 1. The zero-order chi connectivity index (χ0) is 18.7. The lowest BCUT2D eigenvalue weighted by Gasteiger charge is -2.18. The number of hydrogen-bond donors (Lipinski definition) is 2. The molecular formula is C19H19N3O4. The van der Waals surface area contributed by atoms with Crippen molar-refractivity contribution in [3.05, 3.63) is 74.9 Å². The Bertz CT molecular complexity index is 1070. The van der Waals surface area contributed by atoms with Crippen LogP contribution in [-0.4, -0.2) is 22.6 Å². The largest absolute Gasteiger partial charge is 0.496 e. The van der Waals surface area contributed by atoms with Crippen molar-refractivity contribution in [3.63, 3.8) is 0 Å². The molecule has 0 aliphatic carbocycles. The Morgan fingerprint density at radius 1 is 1.15 bits per heavy atom.